The van der Waals surface area contributed by atoms with Gasteiger partial charge in [0.15, 0.2) is 0 Å². The lowest BCUT2D eigenvalue weighted by Crippen LogP contribution is -3.00. The Labute approximate surface area is 91.4 Å². The van der Waals surface area contributed by atoms with E-state index in [1.165, 1.54) is 13.1 Å². The van der Waals surface area contributed by atoms with Gasteiger partial charge in [0.05, 0.1) is 27.2 Å². The van der Waals surface area contributed by atoms with Crippen LogP contribution in [0, 0.1) is 0 Å². The maximum Gasteiger partial charge on any atom is 0.378 e. The first-order valence-electron chi connectivity index (χ1n) is 4.05. The van der Waals surface area contributed by atoms with Crippen LogP contribution in [0.3, 0.4) is 0 Å². The zero-order valence-corrected chi connectivity index (χ0v) is 10.4. The first kappa shape index (κ1) is 18.4. The Morgan fingerprint density at radius 2 is 1.54 bits per heavy atom. The van der Waals surface area contributed by atoms with Crippen LogP contribution in [0.1, 0.15) is 13.8 Å². The number of carbonyl (C=O) groups is 1. The van der Waals surface area contributed by atoms with Gasteiger partial charge in [-0.05, 0) is 13.8 Å². The van der Waals surface area contributed by atoms with Crippen LogP contribution in [-0.4, -0.2) is 37.6 Å². The van der Waals surface area contributed by atoms with Crippen molar-refractivity contribution < 1.29 is 31.4 Å². The highest BCUT2D eigenvalue weighted by Gasteiger charge is 2.04. The molecule has 0 N–H and O–H groups in total. The minimum Gasteiger partial charge on any atom is -1.00 e. The van der Waals surface area contributed by atoms with Crippen molar-refractivity contribution in [1.82, 2.24) is 0 Å². The summed E-state index contributed by atoms with van der Waals surface area (Å²) in [7, 11) is 4.47. The van der Waals surface area contributed by atoms with Gasteiger partial charge in [0.25, 0.3) is 0 Å². The van der Waals surface area contributed by atoms with E-state index in [9.17, 15) is 0 Å². The molecule has 0 unspecified atom stereocenters. The molecule has 1 radical (unpaired) electrons. The SMILES string of the molecule is C=CC([O])=O.CC[N+](C)(C)CC.[Br-]. The van der Waals surface area contributed by atoms with E-state index in [1.807, 2.05) is 0 Å². The lowest BCUT2D eigenvalue weighted by Gasteiger charge is -2.25. The summed E-state index contributed by atoms with van der Waals surface area (Å²) in [6, 6.07) is 0. The monoisotopic (exact) mass is 252 g/mol. The fraction of sp³-hybridized carbons (Fsp3) is 0.667. The second-order valence-electron chi connectivity index (χ2n) is 3.09. The summed E-state index contributed by atoms with van der Waals surface area (Å²) in [6.07, 6.45) is 0.722. The molecule has 0 aromatic carbocycles. The summed E-state index contributed by atoms with van der Waals surface area (Å²) in [6.45, 7) is 9.79. The van der Waals surface area contributed by atoms with E-state index in [0.717, 1.165) is 10.6 Å². The van der Waals surface area contributed by atoms with Gasteiger partial charge in [0, 0.05) is 6.08 Å². The summed E-state index contributed by atoms with van der Waals surface area (Å²) in [5, 5.41) is 9.14. The third-order valence-electron chi connectivity index (χ3n) is 1.88. The molecule has 0 atom stereocenters. The predicted molar refractivity (Wildman–Crippen MR) is 49.1 cm³/mol. The van der Waals surface area contributed by atoms with Gasteiger partial charge in [-0.3, -0.25) is 0 Å². The standard InChI is InChI=1S/C6H16N.C3H3O2.BrH/c1-5-7(3,4)6-2;1-2-3(4)5;/h5-6H2,1-4H3;2H,1H2;1H/q+1;;/p-1. The third kappa shape index (κ3) is 18.5. The van der Waals surface area contributed by atoms with Crippen LogP contribution in [0.25, 0.3) is 0 Å². The number of carbonyl (C=O) groups excluding carboxylic acids is 1. The molecule has 0 spiro atoms. The van der Waals surface area contributed by atoms with Gasteiger partial charge in [-0.2, -0.15) is 0 Å². The van der Waals surface area contributed by atoms with Gasteiger partial charge in [0.2, 0.25) is 0 Å². The average molecular weight is 253 g/mol. The lowest BCUT2D eigenvalue weighted by molar-refractivity contribution is -0.886. The highest BCUT2D eigenvalue weighted by molar-refractivity contribution is 5.78. The molecule has 4 heteroatoms. The van der Waals surface area contributed by atoms with Crippen molar-refractivity contribution >= 4 is 5.97 Å². The Balaban J connectivity index is -0.000000150. The maximum atomic E-state index is 9.14. The summed E-state index contributed by atoms with van der Waals surface area (Å²) in [4.78, 5) is 9.14. The molecule has 0 heterocycles. The predicted octanol–water partition coefficient (Wildman–Crippen LogP) is -1.76. The van der Waals surface area contributed by atoms with Crippen molar-refractivity contribution in [2.24, 2.45) is 0 Å². The van der Waals surface area contributed by atoms with E-state index in [-0.39, 0.29) is 17.0 Å². The summed E-state index contributed by atoms with van der Waals surface area (Å²) in [5.74, 6) is -1.23. The van der Waals surface area contributed by atoms with Crippen molar-refractivity contribution in [3.05, 3.63) is 12.7 Å². The number of halogens is 1. The van der Waals surface area contributed by atoms with E-state index in [1.54, 1.807) is 0 Å². The molecule has 0 aliphatic rings. The fourth-order valence-corrected chi connectivity index (χ4v) is 0.224. The Morgan fingerprint density at radius 3 is 1.54 bits per heavy atom. The van der Waals surface area contributed by atoms with Crippen LogP contribution in [0.5, 0.6) is 0 Å². The van der Waals surface area contributed by atoms with E-state index in [4.69, 9.17) is 9.90 Å². The zero-order valence-electron chi connectivity index (χ0n) is 8.84. The second-order valence-corrected chi connectivity index (χ2v) is 3.09. The van der Waals surface area contributed by atoms with Gasteiger partial charge < -0.3 is 21.5 Å². The van der Waals surface area contributed by atoms with E-state index < -0.39 is 5.97 Å². The van der Waals surface area contributed by atoms with Gasteiger partial charge in [-0.25, -0.2) is 9.90 Å². The highest BCUT2D eigenvalue weighted by atomic mass is 79.9. The molecular weight excluding hydrogens is 234 g/mol. The van der Waals surface area contributed by atoms with E-state index in [0.29, 0.717) is 0 Å². The maximum absolute atomic E-state index is 9.14. The molecule has 0 saturated heterocycles. The van der Waals surface area contributed by atoms with Crippen LogP contribution in [0.2, 0.25) is 0 Å². The molecule has 3 nitrogen and oxygen atoms in total. The minimum atomic E-state index is -1.23. The Hall–Kier alpha value is -0.350. The molecule has 0 saturated carbocycles. The molecule has 0 bridgehead atoms. The largest absolute Gasteiger partial charge is 1.00 e. The Kier molecular flexibility index (Phi) is 13.8. The van der Waals surface area contributed by atoms with Crippen molar-refractivity contribution in [2.45, 2.75) is 13.8 Å². The molecule has 0 rings (SSSR count). The summed E-state index contributed by atoms with van der Waals surface area (Å²) < 4.78 is 1.14. The summed E-state index contributed by atoms with van der Waals surface area (Å²) in [5.41, 5.74) is 0. The molecule has 0 aromatic heterocycles. The number of hydrogen-bond donors (Lipinski definition) is 0. The fourth-order valence-electron chi connectivity index (χ4n) is 0.224. The molecule has 0 aromatic rings. The third-order valence-corrected chi connectivity index (χ3v) is 1.88. The van der Waals surface area contributed by atoms with Crippen molar-refractivity contribution in [3.63, 3.8) is 0 Å². The topological polar surface area (TPSA) is 37.0 Å². The highest BCUT2D eigenvalue weighted by Crippen LogP contribution is 1.91. The van der Waals surface area contributed by atoms with E-state index >= 15 is 0 Å². The van der Waals surface area contributed by atoms with Gasteiger partial charge >= 0.3 is 5.97 Å². The smallest absolute Gasteiger partial charge is 0.378 e. The van der Waals surface area contributed by atoms with Gasteiger partial charge in [-0.15, -0.1) is 0 Å². The normalized spacial score (nSPS) is 8.92. The van der Waals surface area contributed by atoms with Crippen LogP contribution >= 0.6 is 0 Å². The van der Waals surface area contributed by atoms with Gasteiger partial charge in [-0.1, -0.05) is 6.58 Å². The molecule has 79 valence electrons. The number of nitrogens with zero attached hydrogens (tertiary/aromatic N) is 1. The number of quaternary nitrogens is 1. The van der Waals surface area contributed by atoms with Crippen LogP contribution in [-0.2, 0) is 9.90 Å². The molecule has 0 aliphatic carbocycles. The molecule has 0 amide bonds. The minimum absolute atomic E-state index is 0. The summed E-state index contributed by atoms with van der Waals surface area (Å²) >= 11 is 0. The molecule has 0 fully saturated rings. The molecule has 13 heavy (non-hydrogen) atoms. The van der Waals surface area contributed by atoms with Crippen molar-refractivity contribution in [2.75, 3.05) is 27.2 Å². The van der Waals surface area contributed by atoms with Gasteiger partial charge in [0.1, 0.15) is 0 Å². The van der Waals surface area contributed by atoms with Crippen LogP contribution < -0.4 is 17.0 Å². The van der Waals surface area contributed by atoms with Crippen LogP contribution in [0.15, 0.2) is 12.7 Å². The van der Waals surface area contributed by atoms with Crippen LogP contribution in [0.4, 0.5) is 0 Å². The Bertz CT molecular complexity index is 141. The number of rotatable bonds is 3. The molecular formula is C9H19BrNO2. The average Bonchev–Trinajstić information content (AvgIpc) is 2.05. The number of hydrogen-bond acceptors (Lipinski definition) is 1. The van der Waals surface area contributed by atoms with E-state index in [2.05, 4.69) is 34.5 Å². The van der Waals surface area contributed by atoms with Crippen molar-refractivity contribution in [1.29, 1.82) is 0 Å². The first-order chi connectivity index (χ1) is 5.39. The lowest BCUT2D eigenvalue weighted by atomic mass is 10.5. The quantitative estimate of drug-likeness (QED) is 0.433. The van der Waals surface area contributed by atoms with Crippen molar-refractivity contribution in [3.8, 4) is 0 Å². The Morgan fingerprint density at radius 1 is 1.31 bits per heavy atom. The second kappa shape index (κ2) is 9.74. The molecule has 0 aliphatic heterocycles. The zero-order chi connectivity index (χ0) is 10.2. The first-order valence-corrected chi connectivity index (χ1v) is 4.05.